The number of alkyl halides is 1. The second kappa shape index (κ2) is 7.77. The molecule has 94 valence electrons. The summed E-state index contributed by atoms with van der Waals surface area (Å²) >= 11 is 5.02. The van der Waals surface area contributed by atoms with Crippen LogP contribution in [0.4, 0.5) is 0 Å². The standard InChI is InChI=1S/C13H18BrNOS/c1-3-15(10-6-9-14)13(16)11-7-4-5-8-12(11)17-2/h4-5,7-8H,3,6,9-10H2,1-2H3. The van der Waals surface area contributed by atoms with Crippen molar-refractivity contribution in [1.82, 2.24) is 4.90 Å². The number of carbonyl (C=O) groups excluding carboxylic acids is 1. The van der Waals surface area contributed by atoms with Crippen LogP contribution in [0.3, 0.4) is 0 Å². The van der Waals surface area contributed by atoms with Gasteiger partial charge in [0.1, 0.15) is 0 Å². The van der Waals surface area contributed by atoms with Gasteiger partial charge in [0.05, 0.1) is 5.56 Å². The Kier molecular flexibility index (Phi) is 6.66. The van der Waals surface area contributed by atoms with E-state index in [1.165, 1.54) is 0 Å². The molecule has 0 fully saturated rings. The zero-order valence-electron chi connectivity index (χ0n) is 10.3. The van der Waals surface area contributed by atoms with Crippen LogP contribution in [-0.2, 0) is 0 Å². The molecule has 0 heterocycles. The van der Waals surface area contributed by atoms with E-state index in [0.29, 0.717) is 0 Å². The molecule has 0 N–H and O–H groups in total. The van der Waals surface area contributed by atoms with Crippen LogP contribution in [0.25, 0.3) is 0 Å². The number of thioether (sulfide) groups is 1. The zero-order valence-corrected chi connectivity index (χ0v) is 12.7. The maximum Gasteiger partial charge on any atom is 0.254 e. The summed E-state index contributed by atoms with van der Waals surface area (Å²) in [6, 6.07) is 7.80. The van der Waals surface area contributed by atoms with Crippen molar-refractivity contribution in [3.05, 3.63) is 29.8 Å². The SMILES string of the molecule is CCN(CCCBr)C(=O)c1ccccc1SC. The Balaban J connectivity index is 2.85. The molecule has 0 atom stereocenters. The summed E-state index contributed by atoms with van der Waals surface area (Å²) in [4.78, 5) is 15.3. The van der Waals surface area contributed by atoms with Crippen molar-refractivity contribution in [1.29, 1.82) is 0 Å². The highest BCUT2D eigenvalue weighted by Gasteiger charge is 2.16. The van der Waals surface area contributed by atoms with Gasteiger partial charge < -0.3 is 4.90 Å². The summed E-state index contributed by atoms with van der Waals surface area (Å²) < 4.78 is 0. The molecule has 0 bridgehead atoms. The molecular weight excluding hydrogens is 298 g/mol. The van der Waals surface area contributed by atoms with Gasteiger partial charge in [-0.25, -0.2) is 0 Å². The molecule has 0 saturated heterocycles. The van der Waals surface area contributed by atoms with Crippen LogP contribution in [0.15, 0.2) is 29.2 Å². The van der Waals surface area contributed by atoms with Crippen molar-refractivity contribution in [2.45, 2.75) is 18.2 Å². The topological polar surface area (TPSA) is 20.3 Å². The third-order valence-electron chi connectivity index (χ3n) is 2.57. The van der Waals surface area contributed by atoms with E-state index in [0.717, 1.165) is 35.3 Å². The Bertz CT molecular complexity index is 370. The Labute approximate surface area is 116 Å². The molecule has 0 aromatic heterocycles. The van der Waals surface area contributed by atoms with E-state index >= 15 is 0 Å². The van der Waals surface area contributed by atoms with Gasteiger partial charge in [-0.05, 0) is 31.7 Å². The molecule has 0 aliphatic rings. The summed E-state index contributed by atoms with van der Waals surface area (Å²) in [7, 11) is 0. The Morgan fingerprint density at radius 3 is 2.71 bits per heavy atom. The fraction of sp³-hybridized carbons (Fsp3) is 0.462. The minimum atomic E-state index is 0.137. The highest BCUT2D eigenvalue weighted by molar-refractivity contribution is 9.09. The summed E-state index contributed by atoms with van der Waals surface area (Å²) in [6.07, 6.45) is 2.99. The van der Waals surface area contributed by atoms with Gasteiger partial charge in [0.2, 0.25) is 0 Å². The predicted octanol–water partition coefficient (Wildman–Crippen LogP) is 3.66. The zero-order chi connectivity index (χ0) is 12.7. The molecule has 1 rings (SSSR count). The Hall–Kier alpha value is -0.480. The maximum atomic E-state index is 12.4. The molecule has 1 aromatic carbocycles. The Morgan fingerprint density at radius 2 is 2.12 bits per heavy atom. The van der Waals surface area contributed by atoms with Crippen molar-refractivity contribution >= 4 is 33.6 Å². The van der Waals surface area contributed by atoms with Gasteiger partial charge in [0, 0.05) is 23.3 Å². The first-order valence-electron chi connectivity index (χ1n) is 5.72. The molecule has 0 spiro atoms. The molecule has 0 saturated carbocycles. The lowest BCUT2D eigenvalue weighted by molar-refractivity contribution is 0.0761. The molecular formula is C13H18BrNOS. The Morgan fingerprint density at radius 1 is 1.41 bits per heavy atom. The lowest BCUT2D eigenvalue weighted by Gasteiger charge is -2.21. The quantitative estimate of drug-likeness (QED) is 0.590. The van der Waals surface area contributed by atoms with Crippen LogP contribution in [0.2, 0.25) is 0 Å². The molecule has 4 heteroatoms. The summed E-state index contributed by atoms with van der Waals surface area (Å²) in [5, 5.41) is 0.932. The maximum absolute atomic E-state index is 12.4. The largest absolute Gasteiger partial charge is 0.339 e. The van der Waals surface area contributed by atoms with E-state index in [1.807, 2.05) is 42.3 Å². The average Bonchev–Trinajstić information content (AvgIpc) is 2.39. The van der Waals surface area contributed by atoms with Crippen molar-refractivity contribution in [3.63, 3.8) is 0 Å². The van der Waals surface area contributed by atoms with Crippen LogP contribution >= 0.6 is 27.7 Å². The molecule has 0 unspecified atom stereocenters. The van der Waals surface area contributed by atoms with Gasteiger partial charge in [-0.2, -0.15) is 0 Å². The van der Waals surface area contributed by atoms with E-state index < -0.39 is 0 Å². The number of amides is 1. The molecule has 0 aliphatic heterocycles. The molecule has 0 radical (unpaired) electrons. The lowest BCUT2D eigenvalue weighted by atomic mass is 10.2. The van der Waals surface area contributed by atoms with Gasteiger partial charge >= 0.3 is 0 Å². The van der Waals surface area contributed by atoms with E-state index in [1.54, 1.807) is 11.8 Å². The van der Waals surface area contributed by atoms with Gasteiger partial charge in [0.25, 0.3) is 5.91 Å². The van der Waals surface area contributed by atoms with Crippen LogP contribution < -0.4 is 0 Å². The van der Waals surface area contributed by atoms with Crippen molar-refractivity contribution < 1.29 is 4.79 Å². The van der Waals surface area contributed by atoms with Crippen LogP contribution in [0.5, 0.6) is 0 Å². The second-order valence-corrected chi connectivity index (χ2v) is 5.27. The monoisotopic (exact) mass is 315 g/mol. The van der Waals surface area contributed by atoms with Gasteiger partial charge in [-0.1, -0.05) is 28.1 Å². The summed E-state index contributed by atoms with van der Waals surface area (Å²) in [6.45, 7) is 3.59. The normalized spacial score (nSPS) is 10.3. The molecule has 17 heavy (non-hydrogen) atoms. The van der Waals surface area contributed by atoms with Crippen molar-refractivity contribution in [3.8, 4) is 0 Å². The molecule has 1 aromatic rings. The molecule has 0 aliphatic carbocycles. The third-order valence-corrected chi connectivity index (χ3v) is 3.92. The highest BCUT2D eigenvalue weighted by atomic mass is 79.9. The number of carbonyl (C=O) groups is 1. The fourth-order valence-electron chi connectivity index (χ4n) is 1.65. The van der Waals surface area contributed by atoms with Crippen molar-refractivity contribution in [2.75, 3.05) is 24.7 Å². The van der Waals surface area contributed by atoms with E-state index in [4.69, 9.17) is 0 Å². The second-order valence-electron chi connectivity index (χ2n) is 3.63. The number of nitrogens with zero attached hydrogens (tertiary/aromatic N) is 1. The van der Waals surface area contributed by atoms with Crippen LogP contribution in [-0.4, -0.2) is 35.5 Å². The van der Waals surface area contributed by atoms with Gasteiger partial charge in [-0.3, -0.25) is 4.79 Å². The minimum absolute atomic E-state index is 0.137. The molecule has 1 amide bonds. The first-order chi connectivity index (χ1) is 8.24. The van der Waals surface area contributed by atoms with Gasteiger partial charge in [0.15, 0.2) is 0 Å². The first-order valence-corrected chi connectivity index (χ1v) is 8.07. The number of rotatable bonds is 6. The number of halogens is 1. The highest BCUT2D eigenvalue weighted by Crippen LogP contribution is 2.21. The minimum Gasteiger partial charge on any atom is -0.339 e. The predicted molar refractivity (Wildman–Crippen MR) is 78.2 cm³/mol. The van der Waals surface area contributed by atoms with Crippen LogP contribution in [0.1, 0.15) is 23.7 Å². The summed E-state index contributed by atoms with van der Waals surface area (Å²) in [5.41, 5.74) is 0.816. The first kappa shape index (κ1) is 14.6. The van der Waals surface area contributed by atoms with Gasteiger partial charge in [-0.15, -0.1) is 11.8 Å². The van der Waals surface area contributed by atoms with E-state index in [2.05, 4.69) is 15.9 Å². The fourth-order valence-corrected chi connectivity index (χ4v) is 2.49. The molecule has 2 nitrogen and oxygen atoms in total. The number of hydrogen-bond acceptors (Lipinski definition) is 2. The van der Waals surface area contributed by atoms with E-state index in [9.17, 15) is 4.79 Å². The number of hydrogen-bond donors (Lipinski definition) is 0. The van der Waals surface area contributed by atoms with Crippen molar-refractivity contribution in [2.24, 2.45) is 0 Å². The average molecular weight is 316 g/mol. The van der Waals surface area contributed by atoms with Crippen LogP contribution in [0, 0.1) is 0 Å². The summed E-state index contributed by atoms with van der Waals surface area (Å²) in [5.74, 6) is 0.137. The lowest BCUT2D eigenvalue weighted by Crippen LogP contribution is -2.32. The van der Waals surface area contributed by atoms with E-state index in [-0.39, 0.29) is 5.91 Å². The smallest absolute Gasteiger partial charge is 0.254 e. The number of benzene rings is 1. The third kappa shape index (κ3) is 4.03.